The molecule has 0 radical (unpaired) electrons. The summed E-state index contributed by atoms with van der Waals surface area (Å²) in [4.78, 5) is 25.4. The lowest BCUT2D eigenvalue weighted by Crippen LogP contribution is -2.40. The van der Waals surface area contributed by atoms with Gasteiger partial charge in [-0.25, -0.2) is 9.18 Å². The Hall–Kier alpha value is -2.21. The van der Waals surface area contributed by atoms with Crippen LogP contribution >= 0.6 is 15.9 Å². The highest BCUT2D eigenvalue weighted by Gasteiger charge is 2.28. The molecule has 132 valence electrons. The average Bonchev–Trinajstić information content (AvgIpc) is 2.55. The first-order valence-corrected chi connectivity index (χ1v) is 8.64. The highest BCUT2D eigenvalue weighted by Crippen LogP contribution is 2.26. The third-order valence-corrected chi connectivity index (χ3v) is 4.64. The summed E-state index contributed by atoms with van der Waals surface area (Å²) in [6, 6.07) is 11.7. The van der Waals surface area contributed by atoms with E-state index in [0.29, 0.717) is 5.56 Å². The molecule has 2 aromatic carbocycles. The average molecular weight is 408 g/mol. The second-order valence-electron chi connectivity index (χ2n) is 5.90. The molecule has 0 aliphatic rings. The van der Waals surface area contributed by atoms with Gasteiger partial charge in [-0.15, -0.1) is 0 Å². The number of benzene rings is 2. The summed E-state index contributed by atoms with van der Waals surface area (Å²) in [5, 5.41) is 9.61. The Kier molecular flexibility index (Phi) is 6.31. The summed E-state index contributed by atoms with van der Waals surface area (Å²) in [6.07, 6.45) is -1.06. The van der Waals surface area contributed by atoms with E-state index in [-0.39, 0.29) is 12.2 Å². The highest BCUT2D eigenvalue weighted by atomic mass is 79.9. The largest absolute Gasteiger partial charge is 0.465 e. The van der Waals surface area contributed by atoms with Gasteiger partial charge in [0.1, 0.15) is 5.82 Å². The number of rotatable bonds is 6. The predicted molar refractivity (Wildman–Crippen MR) is 97.2 cm³/mol. The molecule has 2 atom stereocenters. The zero-order chi connectivity index (χ0) is 18.6. The first kappa shape index (κ1) is 19.1. The maximum atomic E-state index is 13.0. The van der Waals surface area contributed by atoms with Crippen LogP contribution in [0, 0.1) is 5.82 Å². The van der Waals surface area contributed by atoms with Crippen molar-refractivity contribution in [2.75, 3.05) is 0 Å². The normalized spacial score (nSPS) is 13.1. The fourth-order valence-electron chi connectivity index (χ4n) is 2.76. The molecule has 2 rings (SSSR count). The molecule has 1 amide bonds. The Morgan fingerprint density at radius 1 is 1.08 bits per heavy atom. The van der Waals surface area contributed by atoms with Crippen LogP contribution in [0.5, 0.6) is 0 Å². The van der Waals surface area contributed by atoms with Gasteiger partial charge < -0.3 is 5.11 Å². The van der Waals surface area contributed by atoms with Crippen LogP contribution in [0.4, 0.5) is 9.18 Å². The number of halogens is 2. The van der Waals surface area contributed by atoms with Gasteiger partial charge in [-0.1, -0.05) is 28.1 Å². The highest BCUT2D eigenvalue weighted by molar-refractivity contribution is 9.10. The predicted octanol–water partition coefficient (Wildman–Crippen LogP) is 5.29. The van der Waals surface area contributed by atoms with Crippen LogP contribution in [-0.2, 0) is 0 Å². The molecule has 0 saturated carbocycles. The molecule has 0 aliphatic carbocycles. The van der Waals surface area contributed by atoms with Gasteiger partial charge in [0.05, 0.1) is 6.04 Å². The van der Waals surface area contributed by atoms with Crippen molar-refractivity contribution >= 4 is 27.8 Å². The van der Waals surface area contributed by atoms with E-state index in [1.807, 2.05) is 24.3 Å². The minimum atomic E-state index is -1.09. The SMILES string of the molecule is CC(CC(=O)c1ccc(F)cc1)N(C(=O)O)[C@@H](C)c1ccc(Br)cc1. The van der Waals surface area contributed by atoms with E-state index >= 15 is 0 Å². The second-order valence-corrected chi connectivity index (χ2v) is 6.82. The smallest absolute Gasteiger partial charge is 0.408 e. The van der Waals surface area contributed by atoms with Gasteiger partial charge in [-0.3, -0.25) is 9.69 Å². The molecule has 6 heteroatoms. The molecule has 0 saturated heterocycles. The van der Waals surface area contributed by atoms with Crippen molar-refractivity contribution in [3.05, 3.63) is 69.9 Å². The van der Waals surface area contributed by atoms with Crippen LogP contribution < -0.4 is 0 Å². The van der Waals surface area contributed by atoms with Crippen LogP contribution in [0.3, 0.4) is 0 Å². The number of carboxylic acid groups (broad SMARTS) is 1. The van der Waals surface area contributed by atoms with Crippen LogP contribution in [0.1, 0.15) is 42.2 Å². The number of nitrogens with zero attached hydrogens (tertiary/aromatic N) is 1. The van der Waals surface area contributed by atoms with E-state index < -0.39 is 24.0 Å². The quantitative estimate of drug-likeness (QED) is 0.661. The minimum Gasteiger partial charge on any atom is -0.465 e. The number of carbonyl (C=O) groups is 2. The van der Waals surface area contributed by atoms with E-state index in [0.717, 1.165) is 10.0 Å². The molecule has 25 heavy (non-hydrogen) atoms. The van der Waals surface area contributed by atoms with Gasteiger partial charge in [0.25, 0.3) is 0 Å². The summed E-state index contributed by atoms with van der Waals surface area (Å²) in [5.74, 6) is -0.637. The number of ketones is 1. The first-order chi connectivity index (χ1) is 11.8. The van der Waals surface area contributed by atoms with Gasteiger partial charge in [0, 0.05) is 22.5 Å². The third-order valence-electron chi connectivity index (χ3n) is 4.11. The maximum absolute atomic E-state index is 13.0. The van der Waals surface area contributed by atoms with Crippen LogP contribution in [0.25, 0.3) is 0 Å². The lowest BCUT2D eigenvalue weighted by molar-refractivity contribution is 0.0856. The number of hydrogen-bond acceptors (Lipinski definition) is 2. The van der Waals surface area contributed by atoms with Crippen molar-refractivity contribution in [1.29, 1.82) is 0 Å². The summed E-state index contributed by atoms with van der Waals surface area (Å²) in [5.41, 5.74) is 1.21. The zero-order valence-corrected chi connectivity index (χ0v) is 15.5. The van der Waals surface area contributed by atoms with Crippen molar-refractivity contribution in [2.45, 2.75) is 32.4 Å². The Labute approximate surface area is 154 Å². The van der Waals surface area contributed by atoms with Gasteiger partial charge in [0.15, 0.2) is 5.78 Å². The summed E-state index contributed by atoms with van der Waals surface area (Å²) >= 11 is 3.35. The molecule has 0 bridgehead atoms. The van der Waals surface area contributed by atoms with Gasteiger partial charge in [0.2, 0.25) is 0 Å². The molecule has 2 aromatic rings. The number of amides is 1. The van der Waals surface area contributed by atoms with Gasteiger partial charge in [-0.05, 0) is 55.8 Å². The molecule has 0 aliphatic heterocycles. The fourth-order valence-corrected chi connectivity index (χ4v) is 3.02. The molecule has 1 N–H and O–H groups in total. The Balaban J connectivity index is 2.15. The monoisotopic (exact) mass is 407 g/mol. The number of carbonyl (C=O) groups excluding carboxylic acids is 1. The maximum Gasteiger partial charge on any atom is 0.408 e. The van der Waals surface area contributed by atoms with Crippen molar-refractivity contribution in [2.24, 2.45) is 0 Å². The van der Waals surface area contributed by atoms with Crippen molar-refractivity contribution in [3.8, 4) is 0 Å². The van der Waals surface area contributed by atoms with Crippen molar-refractivity contribution in [3.63, 3.8) is 0 Å². The van der Waals surface area contributed by atoms with E-state index in [1.165, 1.54) is 29.2 Å². The Bertz CT molecular complexity index is 746. The Morgan fingerprint density at radius 3 is 2.16 bits per heavy atom. The van der Waals surface area contributed by atoms with Gasteiger partial charge in [-0.2, -0.15) is 0 Å². The molecule has 0 aromatic heterocycles. The van der Waals surface area contributed by atoms with Crippen molar-refractivity contribution < 1.29 is 19.1 Å². The van der Waals surface area contributed by atoms with E-state index in [1.54, 1.807) is 13.8 Å². The fraction of sp³-hybridized carbons (Fsp3) is 0.263. The minimum absolute atomic E-state index is 0.0266. The lowest BCUT2D eigenvalue weighted by Gasteiger charge is -2.32. The molecule has 4 nitrogen and oxygen atoms in total. The summed E-state index contributed by atoms with van der Waals surface area (Å²) in [7, 11) is 0. The number of Topliss-reactive ketones (excluding diaryl/α,β-unsaturated/α-hetero) is 1. The molecular formula is C19H19BrFNO3. The lowest BCUT2D eigenvalue weighted by atomic mass is 10.0. The van der Waals surface area contributed by atoms with Crippen LogP contribution in [-0.4, -0.2) is 27.9 Å². The molecule has 1 unspecified atom stereocenters. The number of hydrogen-bond donors (Lipinski definition) is 1. The topological polar surface area (TPSA) is 57.6 Å². The third kappa shape index (κ3) is 4.89. The van der Waals surface area contributed by atoms with E-state index in [4.69, 9.17) is 0 Å². The van der Waals surface area contributed by atoms with Crippen molar-refractivity contribution in [1.82, 2.24) is 4.90 Å². The van der Waals surface area contributed by atoms with Crippen LogP contribution in [0.15, 0.2) is 53.0 Å². The summed E-state index contributed by atoms with van der Waals surface area (Å²) < 4.78 is 13.9. The molecular weight excluding hydrogens is 389 g/mol. The first-order valence-electron chi connectivity index (χ1n) is 7.85. The zero-order valence-electron chi connectivity index (χ0n) is 13.9. The second kappa shape index (κ2) is 8.25. The molecule has 0 spiro atoms. The van der Waals surface area contributed by atoms with Gasteiger partial charge >= 0.3 is 6.09 Å². The van der Waals surface area contributed by atoms with Crippen LogP contribution in [0.2, 0.25) is 0 Å². The molecule has 0 heterocycles. The standard InChI is InChI=1S/C19H19BrFNO3/c1-12(11-18(23)15-5-9-17(21)10-6-15)22(19(24)25)13(2)14-3-7-16(20)8-4-14/h3-10,12-13H,11H2,1-2H3,(H,24,25)/t12?,13-/m0/s1. The van der Waals surface area contributed by atoms with E-state index in [9.17, 15) is 19.1 Å². The van der Waals surface area contributed by atoms with E-state index in [2.05, 4.69) is 15.9 Å². The summed E-state index contributed by atoms with van der Waals surface area (Å²) in [6.45, 7) is 3.49. The molecule has 0 fully saturated rings. The Morgan fingerprint density at radius 2 is 1.64 bits per heavy atom.